The summed E-state index contributed by atoms with van der Waals surface area (Å²) in [6.45, 7) is 13.3. The summed E-state index contributed by atoms with van der Waals surface area (Å²) in [5.74, 6) is -1.58. The Morgan fingerprint density at radius 1 is 1.11 bits per heavy atom. The number of methoxy groups -OCH3 is 2. The van der Waals surface area contributed by atoms with Gasteiger partial charge in [0, 0.05) is 31.0 Å². The van der Waals surface area contributed by atoms with Gasteiger partial charge in [0.05, 0.1) is 31.6 Å². The van der Waals surface area contributed by atoms with Crippen molar-refractivity contribution in [3.05, 3.63) is 43.1 Å². The molecule has 0 bridgehead atoms. The number of fused-ring (bicyclic) bond motifs is 1. The van der Waals surface area contributed by atoms with Gasteiger partial charge < -0.3 is 35.1 Å². The van der Waals surface area contributed by atoms with Crippen LogP contribution < -0.4 is 30.1 Å². The topological polar surface area (TPSA) is 194 Å². The van der Waals surface area contributed by atoms with Crippen molar-refractivity contribution in [3.63, 3.8) is 0 Å². The van der Waals surface area contributed by atoms with Gasteiger partial charge in [-0.25, -0.2) is 18.2 Å². The first-order chi connectivity index (χ1) is 24.9. The highest BCUT2D eigenvalue weighted by molar-refractivity contribution is 7.91. The number of likely N-dealkylation sites (tertiary alicyclic amines) is 1. The van der Waals surface area contributed by atoms with Crippen molar-refractivity contribution in [1.82, 2.24) is 30.6 Å². The quantitative estimate of drug-likeness (QED) is 0.196. The summed E-state index contributed by atoms with van der Waals surface area (Å²) < 4.78 is 44.6. The fourth-order valence-electron chi connectivity index (χ4n) is 6.64. The zero-order valence-corrected chi connectivity index (χ0v) is 32.2. The molecule has 2 aliphatic carbocycles. The van der Waals surface area contributed by atoms with Crippen molar-refractivity contribution in [2.75, 3.05) is 27.4 Å². The minimum absolute atomic E-state index is 0.0228. The van der Waals surface area contributed by atoms with E-state index in [1.807, 2.05) is 32.0 Å². The Hall–Kier alpha value is -4.44. The molecule has 4 N–H and O–H groups in total. The van der Waals surface area contributed by atoms with E-state index in [2.05, 4.69) is 32.2 Å². The molecule has 16 heteroatoms. The highest BCUT2D eigenvalue weighted by atomic mass is 32.2. The van der Waals surface area contributed by atoms with Gasteiger partial charge in [0.15, 0.2) is 0 Å². The third-order valence-electron chi connectivity index (χ3n) is 10.2. The summed E-state index contributed by atoms with van der Waals surface area (Å²) in [5.41, 5.74) is -2.36. The van der Waals surface area contributed by atoms with Crippen LogP contribution in [0.2, 0.25) is 0 Å². The lowest BCUT2D eigenvalue weighted by molar-refractivity contribution is -0.142. The smallest absolute Gasteiger partial charge is 0.315 e. The number of nitrogens with zero attached hydrogens (tertiary/aromatic N) is 2. The molecule has 0 spiro atoms. The number of benzene rings is 1. The molecule has 1 saturated heterocycles. The molecular formula is C37H52N6O9S. The van der Waals surface area contributed by atoms with E-state index in [1.165, 1.54) is 18.1 Å². The van der Waals surface area contributed by atoms with Gasteiger partial charge in [-0.15, -0.1) is 6.58 Å². The van der Waals surface area contributed by atoms with Crippen LogP contribution in [-0.4, -0.2) is 104 Å². The number of hydrogen-bond donors (Lipinski definition) is 4. The molecule has 0 unspecified atom stereocenters. The molecule has 5 amide bonds. The fraction of sp³-hybridized carbons (Fsp3) is 0.595. The second-order valence-electron chi connectivity index (χ2n) is 15.6. The van der Waals surface area contributed by atoms with Crippen LogP contribution in [0.5, 0.6) is 11.6 Å². The first-order valence-electron chi connectivity index (χ1n) is 17.9. The average molecular weight is 757 g/mol. The number of hydrogen-bond acceptors (Lipinski definition) is 10. The van der Waals surface area contributed by atoms with Gasteiger partial charge >= 0.3 is 6.03 Å². The first kappa shape index (κ1) is 39.8. The fourth-order valence-corrected chi connectivity index (χ4v) is 8.00. The predicted octanol–water partition coefficient (Wildman–Crippen LogP) is 2.65. The highest BCUT2D eigenvalue weighted by Crippen LogP contribution is 2.45. The summed E-state index contributed by atoms with van der Waals surface area (Å²) in [5, 5.41) is 9.38. The molecule has 290 valence electrons. The lowest BCUT2D eigenvalue weighted by atomic mass is 9.85. The van der Waals surface area contributed by atoms with Crippen molar-refractivity contribution >= 4 is 44.5 Å². The van der Waals surface area contributed by atoms with E-state index in [0.29, 0.717) is 29.9 Å². The number of nitrogens with one attached hydrogen (secondary N) is 4. The molecule has 3 aliphatic rings. The Morgan fingerprint density at radius 2 is 1.83 bits per heavy atom. The molecule has 6 atom stereocenters. The van der Waals surface area contributed by atoms with Crippen LogP contribution in [0.15, 0.2) is 43.1 Å². The Labute approximate surface area is 311 Å². The Balaban J connectivity index is 1.43. The second-order valence-corrected chi connectivity index (χ2v) is 17.6. The van der Waals surface area contributed by atoms with Crippen LogP contribution in [0.4, 0.5) is 4.79 Å². The lowest BCUT2D eigenvalue weighted by Gasteiger charge is -2.36. The number of urea groups is 1. The third kappa shape index (κ3) is 8.86. The number of carbonyl (C=O) groups excluding carboxylic acids is 4. The van der Waals surface area contributed by atoms with Crippen LogP contribution in [0.3, 0.4) is 0 Å². The van der Waals surface area contributed by atoms with Crippen molar-refractivity contribution in [3.8, 4) is 11.6 Å². The zero-order chi connectivity index (χ0) is 38.9. The number of sulfonamides is 1. The molecule has 5 rings (SSSR count). The Kier molecular flexibility index (Phi) is 11.6. The SMILES string of the molecule is C=C[C@@H]1C[C@]1(NC(=O)[C@@H]1C[C@@H](Oc2nccc3cc(OC)ccc23)CN1C(=O)[C@@H](NC(=O)N[C@H](COC)C(C)C)C(C)(C)C)C(=O)NS(=O)(=O)C1CC1. The van der Waals surface area contributed by atoms with E-state index < -0.39 is 74.1 Å². The maximum Gasteiger partial charge on any atom is 0.315 e. The van der Waals surface area contributed by atoms with Gasteiger partial charge in [-0.05, 0) is 60.2 Å². The Morgan fingerprint density at radius 3 is 2.42 bits per heavy atom. The number of carbonyl (C=O) groups is 4. The predicted molar refractivity (Wildman–Crippen MR) is 198 cm³/mol. The molecule has 1 aliphatic heterocycles. The van der Waals surface area contributed by atoms with Crippen molar-refractivity contribution < 1.29 is 41.8 Å². The maximum atomic E-state index is 14.6. The standard InChI is InChI=1S/C37H52N6O9S/c1-9-23-18-37(23,34(46)42-53(48,49)26-11-12-26)41-31(44)29-17-25(52-32-27-13-10-24(51-8)16-22(27)14-15-38-32)19-43(29)33(45)30(36(4,5)6)40-35(47)39-28(20-50-7)21(2)3/h9-10,13-16,21,23,25-26,28-30H,1,11-12,17-20H2,2-8H3,(H,41,44)(H,42,46)(H2,39,40,47)/t23-,25-,28-,29+,30-,37-/m1/s1. The van der Waals surface area contributed by atoms with Crippen LogP contribution in [0.1, 0.15) is 60.3 Å². The molecule has 2 heterocycles. The highest BCUT2D eigenvalue weighted by Gasteiger charge is 2.62. The summed E-state index contributed by atoms with van der Waals surface area (Å²) in [4.78, 5) is 61.5. The molecule has 2 saturated carbocycles. The lowest BCUT2D eigenvalue weighted by Crippen LogP contribution is -2.61. The number of pyridine rings is 1. The maximum absolute atomic E-state index is 14.6. The van der Waals surface area contributed by atoms with Crippen LogP contribution in [0, 0.1) is 17.3 Å². The summed E-state index contributed by atoms with van der Waals surface area (Å²) in [6, 6.07) is 4.11. The zero-order valence-electron chi connectivity index (χ0n) is 31.4. The van der Waals surface area contributed by atoms with Crippen molar-refractivity contribution in [2.24, 2.45) is 17.3 Å². The van der Waals surface area contributed by atoms with E-state index >= 15 is 0 Å². The first-order valence-corrected chi connectivity index (χ1v) is 19.4. The van der Waals surface area contributed by atoms with E-state index in [4.69, 9.17) is 14.2 Å². The van der Waals surface area contributed by atoms with Crippen LogP contribution in [-0.2, 0) is 29.1 Å². The summed E-state index contributed by atoms with van der Waals surface area (Å²) in [7, 11) is -0.794. The van der Waals surface area contributed by atoms with Gasteiger partial charge in [0.1, 0.15) is 29.5 Å². The summed E-state index contributed by atoms with van der Waals surface area (Å²) in [6.07, 6.45) is 3.45. The van der Waals surface area contributed by atoms with Gasteiger partial charge in [-0.3, -0.25) is 19.1 Å². The average Bonchev–Trinajstić information content (AvgIpc) is 4.03. The number of aromatic nitrogens is 1. The molecule has 53 heavy (non-hydrogen) atoms. The normalized spacial score (nSPS) is 23.8. The molecule has 1 aromatic carbocycles. The molecule has 3 fully saturated rings. The molecular weight excluding hydrogens is 705 g/mol. The van der Waals surface area contributed by atoms with E-state index in [9.17, 15) is 27.6 Å². The largest absolute Gasteiger partial charge is 0.497 e. The minimum atomic E-state index is -3.90. The number of rotatable bonds is 15. The molecule has 15 nitrogen and oxygen atoms in total. The van der Waals surface area contributed by atoms with Crippen LogP contribution in [0.25, 0.3) is 10.8 Å². The number of amides is 5. The minimum Gasteiger partial charge on any atom is -0.497 e. The van der Waals surface area contributed by atoms with Gasteiger partial charge in [0.25, 0.3) is 5.91 Å². The summed E-state index contributed by atoms with van der Waals surface area (Å²) >= 11 is 0. The van der Waals surface area contributed by atoms with Crippen LogP contribution >= 0.6 is 0 Å². The van der Waals surface area contributed by atoms with E-state index in [1.54, 1.807) is 40.1 Å². The van der Waals surface area contributed by atoms with Crippen molar-refractivity contribution in [2.45, 2.75) is 95.3 Å². The van der Waals surface area contributed by atoms with Gasteiger partial charge in [-0.2, -0.15) is 0 Å². The van der Waals surface area contributed by atoms with Crippen molar-refractivity contribution in [1.29, 1.82) is 0 Å². The van der Waals surface area contributed by atoms with E-state index in [-0.39, 0.29) is 38.0 Å². The number of ether oxygens (including phenoxy) is 3. The molecule has 1 aromatic heterocycles. The van der Waals surface area contributed by atoms with Gasteiger partial charge in [0.2, 0.25) is 27.7 Å². The van der Waals surface area contributed by atoms with E-state index in [0.717, 1.165) is 5.39 Å². The third-order valence-corrected chi connectivity index (χ3v) is 12.0. The second kappa shape index (κ2) is 15.5. The monoisotopic (exact) mass is 756 g/mol. The molecule has 0 radical (unpaired) electrons. The van der Waals surface area contributed by atoms with Gasteiger partial charge in [-0.1, -0.05) is 40.7 Å². The molecule has 2 aromatic rings. The Bertz CT molecular complexity index is 1840.